The number of rotatable bonds is 8. The molecule has 27 heavy (non-hydrogen) atoms. The number of nitrogens with one attached hydrogen (secondary N) is 4. The van der Waals surface area contributed by atoms with Crippen LogP contribution in [0.1, 0.15) is 19.3 Å². The summed E-state index contributed by atoms with van der Waals surface area (Å²) in [5.41, 5.74) is 4.11. The summed E-state index contributed by atoms with van der Waals surface area (Å²) in [5, 5.41) is 2.48. The Kier molecular flexibility index (Phi) is 7.63. The van der Waals surface area contributed by atoms with Crippen molar-refractivity contribution in [3.05, 3.63) is 30.3 Å². The molecule has 1 aliphatic carbocycles. The molecule has 1 aliphatic rings. The van der Waals surface area contributed by atoms with Gasteiger partial charge in [-0.25, -0.2) is 8.42 Å². The van der Waals surface area contributed by atoms with Crippen molar-refractivity contribution in [3.63, 3.8) is 0 Å². The molecule has 0 saturated heterocycles. The summed E-state index contributed by atoms with van der Waals surface area (Å²) >= 11 is 1.45. The largest absolute Gasteiger partial charge is 0.345 e. The summed E-state index contributed by atoms with van der Waals surface area (Å²) < 4.78 is 27.2. The highest BCUT2D eigenvalue weighted by molar-refractivity contribution is 7.98. The molecule has 1 atom stereocenters. The molecule has 4 N–H and O–H groups in total. The second kappa shape index (κ2) is 9.72. The van der Waals surface area contributed by atoms with Crippen molar-refractivity contribution in [2.45, 2.75) is 36.2 Å². The molecule has 0 spiro atoms. The standard InChI is InChI=1S/C16H22N4O5S2/c1-26-10-9-13(20-27(24,25)12-5-3-2-4-6-12)14(21)18-19-16(23)15(22)17-11-7-8-11/h2-6,11,13,20H,7-10H2,1H3,(H,17,22)(H,18,21)(H,19,23)/t13-/m0/s1. The fraction of sp³-hybridized carbons (Fsp3) is 0.438. The van der Waals surface area contributed by atoms with Crippen molar-refractivity contribution in [2.24, 2.45) is 0 Å². The van der Waals surface area contributed by atoms with Crippen molar-refractivity contribution in [3.8, 4) is 0 Å². The van der Waals surface area contributed by atoms with Gasteiger partial charge in [-0.15, -0.1) is 0 Å². The maximum Gasteiger partial charge on any atom is 0.327 e. The normalized spacial score (nSPS) is 14.9. The first-order valence-corrected chi connectivity index (χ1v) is 11.2. The number of thioether (sulfide) groups is 1. The highest BCUT2D eigenvalue weighted by Crippen LogP contribution is 2.18. The molecule has 11 heteroatoms. The minimum Gasteiger partial charge on any atom is -0.345 e. The molecule has 148 valence electrons. The average Bonchev–Trinajstić information content (AvgIpc) is 3.47. The zero-order valence-electron chi connectivity index (χ0n) is 14.7. The SMILES string of the molecule is CSCC[C@H](NS(=O)(=O)c1ccccc1)C(=O)NNC(=O)C(=O)NC1CC1. The predicted octanol–water partition coefficient (Wildman–Crippen LogP) is -0.487. The van der Waals surface area contributed by atoms with E-state index in [0.29, 0.717) is 5.75 Å². The summed E-state index contributed by atoms with van der Waals surface area (Å²) in [4.78, 5) is 35.6. The lowest BCUT2D eigenvalue weighted by atomic mass is 10.2. The summed E-state index contributed by atoms with van der Waals surface area (Å²) in [5.74, 6) is -2.09. The lowest BCUT2D eigenvalue weighted by Crippen LogP contribution is -2.55. The van der Waals surface area contributed by atoms with Gasteiger partial charge in [-0.2, -0.15) is 16.5 Å². The summed E-state index contributed by atoms with van der Waals surface area (Å²) in [6.07, 6.45) is 3.68. The van der Waals surface area contributed by atoms with Gasteiger partial charge in [0.05, 0.1) is 4.90 Å². The van der Waals surface area contributed by atoms with Gasteiger partial charge in [0.25, 0.3) is 5.91 Å². The summed E-state index contributed by atoms with van der Waals surface area (Å²) in [7, 11) is -3.91. The number of hydrogen-bond acceptors (Lipinski definition) is 6. The average molecular weight is 415 g/mol. The molecular weight excluding hydrogens is 392 g/mol. The maximum absolute atomic E-state index is 12.4. The first-order chi connectivity index (χ1) is 12.8. The Labute approximate surface area is 162 Å². The fourth-order valence-corrected chi connectivity index (χ4v) is 3.80. The van der Waals surface area contributed by atoms with Gasteiger partial charge >= 0.3 is 11.8 Å². The monoisotopic (exact) mass is 414 g/mol. The molecule has 0 heterocycles. The maximum atomic E-state index is 12.4. The van der Waals surface area contributed by atoms with Crippen LogP contribution in [0.3, 0.4) is 0 Å². The van der Waals surface area contributed by atoms with Gasteiger partial charge in [0, 0.05) is 6.04 Å². The van der Waals surface area contributed by atoms with E-state index in [1.165, 1.54) is 23.9 Å². The molecule has 1 saturated carbocycles. The van der Waals surface area contributed by atoms with E-state index in [4.69, 9.17) is 0 Å². The van der Waals surface area contributed by atoms with Gasteiger partial charge in [0.15, 0.2) is 0 Å². The van der Waals surface area contributed by atoms with E-state index in [0.717, 1.165) is 12.8 Å². The van der Waals surface area contributed by atoms with E-state index < -0.39 is 33.8 Å². The number of carbonyl (C=O) groups excluding carboxylic acids is 3. The number of amides is 3. The molecule has 0 aliphatic heterocycles. The minimum absolute atomic E-state index is 0.00552. The van der Waals surface area contributed by atoms with Gasteiger partial charge in [-0.1, -0.05) is 18.2 Å². The summed E-state index contributed by atoms with van der Waals surface area (Å²) in [6, 6.07) is 6.56. The third kappa shape index (κ3) is 6.85. The minimum atomic E-state index is -3.91. The van der Waals surface area contributed by atoms with Crippen molar-refractivity contribution in [2.75, 3.05) is 12.0 Å². The molecule has 1 aromatic rings. The second-order valence-corrected chi connectivity index (χ2v) is 8.66. The Balaban J connectivity index is 1.96. The van der Waals surface area contributed by atoms with Gasteiger partial charge < -0.3 is 5.32 Å². The van der Waals surface area contributed by atoms with E-state index in [-0.39, 0.29) is 17.4 Å². The topological polar surface area (TPSA) is 133 Å². The zero-order chi connectivity index (χ0) is 19.9. The van der Waals surface area contributed by atoms with Crippen LogP contribution in [0.2, 0.25) is 0 Å². The van der Waals surface area contributed by atoms with Crippen molar-refractivity contribution in [1.29, 1.82) is 0 Å². The Bertz CT molecular complexity index is 781. The van der Waals surface area contributed by atoms with Crippen LogP contribution in [0.15, 0.2) is 35.2 Å². The molecule has 9 nitrogen and oxygen atoms in total. The molecule has 0 radical (unpaired) electrons. The number of benzene rings is 1. The number of carbonyl (C=O) groups is 3. The van der Waals surface area contributed by atoms with Gasteiger partial charge in [0.2, 0.25) is 10.0 Å². The van der Waals surface area contributed by atoms with Crippen LogP contribution >= 0.6 is 11.8 Å². The molecule has 1 fully saturated rings. The van der Waals surface area contributed by atoms with E-state index in [1.54, 1.807) is 18.2 Å². The number of sulfonamides is 1. The van der Waals surface area contributed by atoms with Crippen molar-refractivity contribution in [1.82, 2.24) is 20.9 Å². The van der Waals surface area contributed by atoms with Crippen LogP contribution in [0.5, 0.6) is 0 Å². The third-order valence-corrected chi connectivity index (χ3v) is 5.83. The van der Waals surface area contributed by atoms with Crippen LogP contribution < -0.4 is 20.9 Å². The van der Waals surface area contributed by atoms with Crippen molar-refractivity contribution >= 4 is 39.5 Å². The van der Waals surface area contributed by atoms with Crippen LogP contribution in [0, 0.1) is 0 Å². The van der Waals surface area contributed by atoms with E-state index in [2.05, 4.69) is 15.5 Å². The van der Waals surface area contributed by atoms with E-state index in [9.17, 15) is 22.8 Å². The molecular formula is C16H22N4O5S2. The van der Waals surface area contributed by atoms with Crippen LogP contribution in [0.25, 0.3) is 0 Å². The smallest absolute Gasteiger partial charge is 0.327 e. The molecule has 1 aromatic carbocycles. The molecule has 0 unspecified atom stereocenters. The quantitative estimate of drug-likeness (QED) is 0.335. The van der Waals surface area contributed by atoms with Crippen LogP contribution in [-0.4, -0.2) is 50.2 Å². The highest BCUT2D eigenvalue weighted by atomic mass is 32.2. The molecule has 0 bridgehead atoms. The molecule has 2 rings (SSSR count). The summed E-state index contributed by atoms with van der Waals surface area (Å²) in [6.45, 7) is 0. The molecule has 3 amide bonds. The van der Waals surface area contributed by atoms with Crippen molar-refractivity contribution < 1.29 is 22.8 Å². The van der Waals surface area contributed by atoms with E-state index in [1.807, 2.05) is 11.7 Å². The highest BCUT2D eigenvalue weighted by Gasteiger charge is 2.28. The second-order valence-electron chi connectivity index (χ2n) is 5.96. The fourth-order valence-electron chi connectivity index (χ4n) is 2.08. The lowest BCUT2D eigenvalue weighted by Gasteiger charge is -2.18. The zero-order valence-corrected chi connectivity index (χ0v) is 16.4. The first-order valence-electron chi connectivity index (χ1n) is 8.30. The third-order valence-electron chi connectivity index (χ3n) is 3.70. The van der Waals surface area contributed by atoms with Crippen LogP contribution in [-0.2, 0) is 24.4 Å². The Hall–Kier alpha value is -2.11. The molecule has 0 aromatic heterocycles. The lowest BCUT2D eigenvalue weighted by molar-refractivity contribution is -0.141. The van der Waals surface area contributed by atoms with E-state index >= 15 is 0 Å². The van der Waals surface area contributed by atoms with Gasteiger partial charge in [-0.3, -0.25) is 25.2 Å². The Morgan fingerprint density at radius 3 is 2.37 bits per heavy atom. The Morgan fingerprint density at radius 1 is 1.11 bits per heavy atom. The Morgan fingerprint density at radius 2 is 1.78 bits per heavy atom. The number of hydrazine groups is 1. The predicted molar refractivity (Wildman–Crippen MR) is 101 cm³/mol. The van der Waals surface area contributed by atoms with Crippen LogP contribution in [0.4, 0.5) is 0 Å². The number of hydrogen-bond donors (Lipinski definition) is 4. The first kappa shape index (κ1) is 21.2. The van der Waals surface area contributed by atoms with Gasteiger partial charge in [-0.05, 0) is 43.4 Å². The van der Waals surface area contributed by atoms with Gasteiger partial charge in [0.1, 0.15) is 6.04 Å².